The third-order valence-electron chi connectivity index (χ3n) is 3.60. The van der Waals surface area contributed by atoms with Crippen LogP contribution in [-0.2, 0) is 6.54 Å². The van der Waals surface area contributed by atoms with Gasteiger partial charge in [-0.2, -0.15) is 4.98 Å². The molecule has 0 radical (unpaired) electrons. The molecule has 8 nitrogen and oxygen atoms in total. The zero-order chi connectivity index (χ0) is 17.4. The number of amides is 1. The largest absolute Gasteiger partial charge is 0.343 e. The highest BCUT2D eigenvalue weighted by Gasteiger charge is 2.18. The van der Waals surface area contributed by atoms with Crippen LogP contribution in [0.3, 0.4) is 0 Å². The number of carbonyl (C=O) groups excluding carboxylic acids is 1. The fourth-order valence-electron chi connectivity index (χ4n) is 2.48. The summed E-state index contributed by atoms with van der Waals surface area (Å²) < 4.78 is 10.3. The van der Waals surface area contributed by atoms with Crippen LogP contribution in [0.2, 0.25) is 0 Å². The number of rotatable bonds is 4. The second-order valence-electron chi connectivity index (χ2n) is 5.43. The van der Waals surface area contributed by atoms with Gasteiger partial charge in [0.25, 0.3) is 11.6 Å². The Bertz CT molecular complexity index is 1050. The van der Waals surface area contributed by atoms with Gasteiger partial charge >= 0.3 is 0 Å². The van der Waals surface area contributed by atoms with E-state index in [0.717, 1.165) is 4.88 Å². The lowest BCUT2D eigenvalue weighted by atomic mass is 10.1. The van der Waals surface area contributed by atoms with Crippen LogP contribution in [0, 0.1) is 13.8 Å². The van der Waals surface area contributed by atoms with E-state index in [9.17, 15) is 4.79 Å². The van der Waals surface area contributed by atoms with Crippen LogP contribution in [0.1, 0.15) is 27.6 Å². The van der Waals surface area contributed by atoms with Crippen molar-refractivity contribution in [2.75, 3.05) is 0 Å². The van der Waals surface area contributed by atoms with E-state index < -0.39 is 0 Å². The van der Waals surface area contributed by atoms with E-state index in [-0.39, 0.29) is 12.5 Å². The summed E-state index contributed by atoms with van der Waals surface area (Å²) in [4.78, 5) is 22.0. The molecule has 0 saturated heterocycles. The molecule has 1 amide bonds. The number of fused-ring (bicyclic) bond motifs is 1. The Balaban J connectivity index is 1.54. The molecule has 0 fully saturated rings. The molecule has 0 spiro atoms. The van der Waals surface area contributed by atoms with Crippen LogP contribution < -0.4 is 5.32 Å². The molecule has 0 atom stereocenters. The molecule has 0 aliphatic carbocycles. The van der Waals surface area contributed by atoms with E-state index in [0.29, 0.717) is 39.8 Å². The molecule has 0 aromatic carbocycles. The van der Waals surface area contributed by atoms with Gasteiger partial charge in [0.2, 0.25) is 11.7 Å². The van der Waals surface area contributed by atoms with Crippen LogP contribution in [0.4, 0.5) is 0 Å². The third-order valence-corrected chi connectivity index (χ3v) is 4.47. The fraction of sp³-hybridized carbons (Fsp3) is 0.188. The van der Waals surface area contributed by atoms with Crippen molar-refractivity contribution in [1.82, 2.24) is 25.6 Å². The monoisotopic (exact) mass is 355 g/mol. The molecular formula is C16H13N5O3S. The highest BCUT2D eigenvalue weighted by Crippen LogP contribution is 2.23. The zero-order valence-electron chi connectivity index (χ0n) is 13.4. The lowest BCUT2D eigenvalue weighted by Crippen LogP contribution is -2.23. The lowest BCUT2D eigenvalue weighted by Gasteiger charge is -2.04. The smallest absolute Gasteiger partial charge is 0.258 e. The SMILES string of the molecule is Cc1cc(C(=O)NCc2nc(-c3cccs3)no2)c2c(C)noc2n1. The van der Waals surface area contributed by atoms with E-state index in [1.807, 2.05) is 17.5 Å². The maximum Gasteiger partial charge on any atom is 0.258 e. The van der Waals surface area contributed by atoms with Crippen LogP contribution in [0.25, 0.3) is 21.8 Å². The molecule has 9 heteroatoms. The van der Waals surface area contributed by atoms with Crippen LogP contribution in [0.15, 0.2) is 32.6 Å². The minimum Gasteiger partial charge on any atom is -0.343 e. The molecule has 0 aliphatic heterocycles. The standard InChI is InChI=1S/C16H13N5O3S/c1-8-6-10(13-9(2)20-24-16(13)18-8)15(22)17-7-12-19-14(21-23-12)11-4-3-5-25-11/h3-6H,7H2,1-2H3,(H,17,22). The van der Waals surface area contributed by atoms with Crippen LogP contribution >= 0.6 is 11.3 Å². The van der Waals surface area contributed by atoms with Gasteiger partial charge in [-0.1, -0.05) is 16.4 Å². The summed E-state index contributed by atoms with van der Waals surface area (Å²) in [6.45, 7) is 3.69. The Morgan fingerprint density at radius 1 is 1.24 bits per heavy atom. The number of thiophene rings is 1. The zero-order valence-corrected chi connectivity index (χ0v) is 14.3. The van der Waals surface area contributed by atoms with Gasteiger partial charge < -0.3 is 14.4 Å². The molecule has 126 valence electrons. The number of aryl methyl sites for hydroxylation is 2. The topological polar surface area (TPSA) is 107 Å². The van der Waals surface area contributed by atoms with Gasteiger partial charge in [-0.05, 0) is 31.4 Å². The van der Waals surface area contributed by atoms with Crippen molar-refractivity contribution >= 4 is 28.3 Å². The molecule has 4 heterocycles. The Morgan fingerprint density at radius 2 is 2.12 bits per heavy atom. The molecule has 4 aromatic rings. The summed E-state index contributed by atoms with van der Waals surface area (Å²) in [5.41, 5.74) is 2.09. The van der Waals surface area contributed by atoms with Crippen molar-refractivity contribution in [3.63, 3.8) is 0 Å². The molecule has 4 rings (SSSR count). The number of nitrogens with zero attached hydrogens (tertiary/aromatic N) is 4. The Labute approximate surface area is 145 Å². The maximum absolute atomic E-state index is 12.6. The Hall–Kier alpha value is -3.07. The lowest BCUT2D eigenvalue weighted by molar-refractivity contribution is 0.0947. The van der Waals surface area contributed by atoms with E-state index in [1.165, 1.54) is 11.3 Å². The molecule has 0 bridgehead atoms. The first-order chi connectivity index (χ1) is 12.1. The molecule has 0 aliphatic rings. The van der Waals surface area contributed by atoms with Crippen molar-refractivity contribution in [1.29, 1.82) is 0 Å². The average molecular weight is 355 g/mol. The van der Waals surface area contributed by atoms with E-state index >= 15 is 0 Å². The van der Waals surface area contributed by atoms with Gasteiger partial charge in [0.1, 0.15) is 0 Å². The van der Waals surface area contributed by atoms with Gasteiger partial charge in [-0.25, -0.2) is 4.98 Å². The first-order valence-corrected chi connectivity index (χ1v) is 8.38. The van der Waals surface area contributed by atoms with Crippen molar-refractivity contribution in [2.24, 2.45) is 0 Å². The number of carbonyl (C=O) groups is 1. The summed E-state index contributed by atoms with van der Waals surface area (Å²) in [6, 6.07) is 5.52. The van der Waals surface area contributed by atoms with Crippen molar-refractivity contribution in [3.05, 3.63) is 46.4 Å². The van der Waals surface area contributed by atoms with Gasteiger partial charge in [0.15, 0.2) is 0 Å². The van der Waals surface area contributed by atoms with Gasteiger partial charge in [0, 0.05) is 5.69 Å². The van der Waals surface area contributed by atoms with Gasteiger partial charge in [0.05, 0.1) is 28.1 Å². The minimum atomic E-state index is -0.280. The average Bonchev–Trinajstić information content (AvgIpc) is 3.32. The third kappa shape index (κ3) is 2.89. The number of pyridine rings is 1. The summed E-state index contributed by atoms with van der Waals surface area (Å²) in [6.07, 6.45) is 0. The normalized spacial score (nSPS) is 11.1. The number of hydrogen-bond acceptors (Lipinski definition) is 8. The van der Waals surface area contributed by atoms with E-state index in [1.54, 1.807) is 19.9 Å². The second-order valence-corrected chi connectivity index (χ2v) is 6.38. The summed E-state index contributed by atoms with van der Waals surface area (Å²) >= 11 is 1.52. The molecule has 1 N–H and O–H groups in total. The van der Waals surface area contributed by atoms with Crippen LogP contribution in [-0.4, -0.2) is 26.2 Å². The molecular weight excluding hydrogens is 342 g/mol. The summed E-state index contributed by atoms with van der Waals surface area (Å²) in [7, 11) is 0. The van der Waals surface area contributed by atoms with E-state index in [2.05, 4.69) is 25.6 Å². The first kappa shape index (κ1) is 15.5. The Kier molecular flexibility index (Phi) is 3.77. The predicted molar refractivity (Wildman–Crippen MR) is 90.1 cm³/mol. The van der Waals surface area contributed by atoms with Crippen molar-refractivity contribution < 1.29 is 13.8 Å². The fourth-order valence-corrected chi connectivity index (χ4v) is 3.13. The van der Waals surface area contributed by atoms with Gasteiger partial charge in [-0.3, -0.25) is 4.79 Å². The van der Waals surface area contributed by atoms with Crippen molar-refractivity contribution in [3.8, 4) is 10.7 Å². The molecule has 0 unspecified atom stereocenters. The minimum absolute atomic E-state index is 0.129. The summed E-state index contributed by atoms with van der Waals surface area (Å²) in [5.74, 6) is 0.565. The number of aromatic nitrogens is 4. The predicted octanol–water partition coefficient (Wildman–Crippen LogP) is 2.88. The van der Waals surface area contributed by atoms with Gasteiger partial charge in [-0.15, -0.1) is 11.3 Å². The summed E-state index contributed by atoms with van der Waals surface area (Å²) in [5, 5.41) is 13.1. The first-order valence-electron chi connectivity index (χ1n) is 7.50. The second kappa shape index (κ2) is 6.10. The number of nitrogens with one attached hydrogen (secondary N) is 1. The van der Waals surface area contributed by atoms with Crippen LogP contribution in [0.5, 0.6) is 0 Å². The molecule has 25 heavy (non-hydrogen) atoms. The van der Waals surface area contributed by atoms with Crippen molar-refractivity contribution in [2.45, 2.75) is 20.4 Å². The number of hydrogen-bond donors (Lipinski definition) is 1. The highest BCUT2D eigenvalue weighted by atomic mass is 32.1. The highest BCUT2D eigenvalue weighted by molar-refractivity contribution is 7.13. The molecule has 0 saturated carbocycles. The van der Waals surface area contributed by atoms with E-state index in [4.69, 9.17) is 9.05 Å². The maximum atomic E-state index is 12.6. The quantitative estimate of drug-likeness (QED) is 0.600. The molecule has 4 aromatic heterocycles. The Morgan fingerprint density at radius 3 is 2.92 bits per heavy atom.